The molecule has 0 atom stereocenters. The van der Waals surface area contributed by atoms with Crippen molar-refractivity contribution in [3.8, 4) is 0 Å². The largest absolute Gasteiger partial charge is 0.349 e. The van der Waals surface area contributed by atoms with E-state index in [9.17, 15) is 9.59 Å². The number of amides is 1. The number of aromatic nitrogens is 3. The molecule has 1 aromatic heterocycles. The van der Waals surface area contributed by atoms with E-state index in [2.05, 4.69) is 20.5 Å². The predicted octanol–water partition coefficient (Wildman–Crippen LogP) is 0.724. The van der Waals surface area contributed by atoms with Gasteiger partial charge in [-0.15, -0.1) is 5.10 Å². The Morgan fingerprint density at radius 1 is 1.44 bits per heavy atom. The fourth-order valence-corrected chi connectivity index (χ4v) is 1.69. The summed E-state index contributed by atoms with van der Waals surface area (Å²) in [5.41, 5.74) is 0.522. The van der Waals surface area contributed by atoms with Crippen LogP contribution in [-0.2, 0) is 6.42 Å². The molecule has 0 aliphatic carbocycles. The van der Waals surface area contributed by atoms with Crippen LogP contribution in [0.3, 0.4) is 0 Å². The van der Waals surface area contributed by atoms with Crippen LogP contribution in [0.2, 0.25) is 5.02 Å². The number of carbonyl (C=O) groups is 1. The van der Waals surface area contributed by atoms with E-state index in [1.54, 1.807) is 6.07 Å². The quantitative estimate of drug-likeness (QED) is 0.762. The number of H-pyrrole nitrogens is 2. The third-order valence-corrected chi connectivity index (χ3v) is 2.54. The molecule has 0 fully saturated rings. The molecule has 1 aromatic carbocycles. The van der Waals surface area contributed by atoms with Crippen LogP contribution in [0.15, 0.2) is 29.1 Å². The lowest BCUT2D eigenvalue weighted by Crippen LogP contribution is -2.27. The summed E-state index contributed by atoms with van der Waals surface area (Å²) in [5.74, 6) is -0.443. The molecule has 3 N–H and O–H groups in total. The van der Waals surface area contributed by atoms with Gasteiger partial charge in [-0.25, -0.2) is 9.89 Å². The van der Waals surface area contributed by atoms with Crippen LogP contribution in [0.5, 0.6) is 0 Å². The Bertz CT molecular complexity index is 605. The van der Waals surface area contributed by atoms with Gasteiger partial charge in [0, 0.05) is 11.6 Å². The SMILES string of the molecule is O=C(NCCc1cccc(Cl)c1)c1n[nH]c(=O)[nH]1. The van der Waals surface area contributed by atoms with Crippen LogP contribution < -0.4 is 11.0 Å². The van der Waals surface area contributed by atoms with Gasteiger partial charge in [0.05, 0.1) is 0 Å². The second-order valence-electron chi connectivity index (χ2n) is 3.66. The minimum Gasteiger partial charge on any atom is -0.349 e. The first-order valence-electron chi connectivity index (χ1n) is 5.32. The van der Waals surface area contributed by atoms with Gasteiger partial charge >= 0.3 is 5.69 Å². The maximum atomic E-state index is 11.5. The molecule has 0 aliphatic rings. The van der Waals surface area contributed by atoms with Crippen LogP contribution >= 0.6 is 11.6 Å². The fourth-order valence-electron chi connectivity index (χ4n) is 1.47. The number of carbonyl (C=O) groups excluding carboxylic acids is 1. The van der Waals surface area contributed by atoms with Crippen LogP contribution in [0.4, 0.5) is 0 Å². The highest BCUT2D eigenvalue weighted by molar-refractivity contribution is 6.30. The molecular formula is C11H11ClN4O2. The highest BCUT2D eigenvalue weighted by Gasteiger charge is 2.08. The molecule has 7 heteroatoms. The maximum absolute atomic E-state index is 11.5. The molecule has 2 aromatic rings. The topological polar surface area (TPSA) is 90.6 Å². The van der Waals surface area contributed by atoms with Gasteiger partial charge in [0.15, 0.2) is 0 Å². The average Bonchev–Trinajstić information content (AvgIpc) is 2.76. The number of nitrogens with one attached hydrogen (secondary N) is 3. The molecule has 0 aliphatic heterocycles. The van der Waals surface area contributed by atoms with Crippen molar-refractivity contribution in [2.45, 2.75) is 6.42 Å². The molecule has 1 amide bonds. The van der Waals surface area contributed by atoms with Crippen molar-refractivity contribution in [1.82, 2.24) is 20.5 Å². The fraction of sp³-hybridized carbons (Fsp3) is 0.182. The van der Waals surface area contributed by atoms with Crippen molar-refractivity contribution < 1.29 is 4.79 Å². The first-order chi connectivity index (χ1) is 8.65. The van der Waals surface area contributed by atoms with Crippen molar-refractivity contribution in [2.75, 3.05) is 6.54 Å². The van der Waals surface area contributed by atoms with Crippen molar-refractivity contribution in [2.24, 2.45) is 0 Å². The molecule has 94 valence electrons. The summed E-state index contributed by atoms with van der Waals surface area (Å²) in [7, 11) is 0. The van der Waals surface area contributed by atoms with Gasteiger partial charge < -0.3 is 5.32 Å². The summed E-state index contributed by atoms with van der Waals surface area (Å²) < 4.78 is 0. The molecule has 0 radical (unpaired) electrons. The van der Waals surface area contributed by atoms with E-state index in [0.29, 0.717) is 18.0 Å². The first-order valence-corrected chi connectivity index (χ1v) is 5.70. The maximum Gasteiger partial charge on any atom is 0.341 e. The number of nitrogens with zero attached hydrogens (tertiary/aromatic N) is 1. The highest BCUT2D eigenvalue weighted by Crippen LogP contribution is 2.10. The second kappa shape index (κ2) is 5.50. The summed E-state index contributed by atoms with van der Waals surface area (Å²) in [4.78, 5) is 24.6. The van der Waals surface area contributed by atoms with E-state index in [0.717, 1.165) is 5.56 Å². The van der Waals surface area contributed by atoms with Crippen LogP contribution in [-0.4, -0.2) is 27.6 Å². The molecule has 0 spiro atoms. The zero-order chi connectivity index (χ0) is 13.0. The Hall–Kier alpha value is -2.08. The summed E-state index contributed by atoms with van der Waals surface area (Å²) in [6.07, 6.45) is 0.654. The second-order valence-corrected chi connectivity index (χ2v) is 4.10. The van der Waals surface area contributed by atoms with Gasteiger partial charge in [0.25, 0.3) is 5.91 Å². The van der Waals surface area contributed by atoms with Gasteiger partial charge in [-0.05, 0) is 24.1 Å². The number of halogens is 1. The third kappa shape index (κ3) is 3.21. The van der Waals surface area contributed by atoms with Crippen LogP contribution in [0.1, 0.15) is 16.2 Å². The summed E-state index contributed by atoms with van der Waals surface area (Å²) in [6, 6.07) is 7.40. The number of hydrogen-bond donors (Lipinski definition) is 3. The van der Waals surface area contributed by atoms with E-state index >= 15 is 0 Å². The highest BCUT2D eigenvalue weighted by atomic mass is 35.5. The van der Waals surface area contributed by atoms with Crippen molar-refractivity contribution in [3.63, 3.8) is 0 Å². The van der Waals surface area contributed by atoms with Crippen LogP contribution in [0.25, 0.3) is 0 Å². The molecule has 2 rings (SSSR count). The lowest BCUT2D eigenvalue weighted by atomic mass is 10.1. The van der Waals surface area contributed by atoms with E-state index in [-0.39, 0.29) is 5.82 Å². The minimum atomic E-state index is -0.505. The van der Waals surface area contributed by atoms with E-state index in [1.165, 1.54) is 0 Å². The summed E-state index contributed by atoms with van der Waals surface area (Å²) in [5, 5.41) is 8.96. The number of rotatable bonds is 4. The van der Waals surface area contributed by atoms with Gasteiger partial charge in [-0.3, -0.25) is 9.78 Å². The van der Waals surface area contributed by atoms with Gasteiger partial charge in [0.1, 0.15) is 0 Å². The predicted molar refractivity (Wildman–Crippen MR) is 66.7 cm³/mol. The van der Waals surface area contributed by atoms with Crippen molar-refractivity contribution in [3.05, 3.63) is 51.2 Å². The monoisotopic (exact) mass is 266 g/mol. The molecule has 1 heterocycles. The molecule has 0 bridgehead atoms. The normalized spacial score (nSPS) is 10.3. The first kappa shape index (κ1) is 12.4. The number of aromatic amines is 2. The molecule has 6 nitrogen and oxygen atoms in total. The minimum absolute atomic E-state index is 0.0221. The summed E-state index contributed by atoms with van der Waals surface area (Å²) >= 11 is 5.84. The average molecular weight is 267 g/mol. The zero-order valence-corrected chi connectivity index (χ0v) is 10.1. The molecule has 18 heavy (non-hydrogen) atoms. The molecule has 0 saturated carbocycles. The van der Waals surface area contributed by atoms with Crippen LogP contribution in [0, 0.1) is 0 Å². The summed E-state index contributed by atoms with van der Waals surface area (Å²) in [6.45, 7) is 0.439. The van der Waals surface area contributed by atoms with E-state index < -0.39 is 11.6 Å². The molecule has 0 saturated heterocycles. The van der Waals surface area contributed by atoms with Gasteiger partial charge in [0.2, 0.25) is 5.82 Å². The number of hydrogen-bond acceptors (Lipinski definition) is 3. The zero-order valence-electron chi connectivity index (χ0n) is 9.37. The smallest absolute Gasteiger partial charge is 0.341 e. The van der Waals surface area contributed by atoms with E-state index in [1.807, 2.05) is 18.2 Å². The Labute approximate surface area is 107 Å². The Kier molecular flexibility index (Phi) is 3.78. The standard InChI is InChI=1S/C11H11ClN4O2/c12-8-3-1-2-7(6-8)4-5-13-10(17)9-14-11(18)16-15-9/h1-3,6H,4-5H2,(H,13,17)(H2,14,15,16,18). The van der Waals surface area contributed by atoms with Gasteiger partial charge in [-0.2, -0.15) is 0 Å². The van der Waals surface area contributed by atoms with E-state index in [4.69, 9.17) is 11.6 Å². The lowest BCUT2D eigenvalue weighted by Gasteiger charge is -2.03. The Morgan fingerprint density at radius 2 is 2.28 bits per heavy atom. The molecular weight excluding hydrogens is 256 g/mol. The van der Waals surface area contributed by atoms with Gasteiger partial charge in [-0.1, -0.05) is 23.7 Å². The number of benzene rings is 1. The Balaban J connectivity index is 1.86. The lowest BCUT2D eigenvalue weighted by molar-refractivity contribution is 0.0944. The van der Waals surface area contributed by atoms with Crippen molar-refractivity contribution in [1.29, 1.82) is 0 Å². The third-order valence-electron chi connectivity index (χ3n) is 2.30. The van der Waals surface area contributed by atoms with Crippen molar-refractivity contribution >= 4 is 17.5 Å². The molecule has 0 unspecified atom stereocenters. The Morgan fingerprint density at radius 3 is 2.94 bits per heavy atom.